The van der Waals surface area contributed by atoms with Gasteiger partial charge in [-0.2, -0.15) is 0 Å². The molecule has 0 aromatic heterocycles. The highest BCUT2D eigenvalue weighted by Gasteiger charge is 2.18. The first-order chi connectivity index (χ1) is 6.74. The Kier molecular flexibility index (Phi) is 3.17. The van der Waals surface area contributed by atoms with Crippen molar-refractivity contribution in [2.75, 3.05) is 0 Å². The number of carbonyl (C=O) groups is 2. The lowest BCUT2D eigenvalue weighted by atomic mass is 10.00. The molecular formula is C9H6FNO3. The third kappa shape index (κ3) is 1.71. The molecule has 0 heterocycles. The molecule has 5 heteroatoms. The van der Waals surface area contributed by atoms with Gasteiger partial charge in [0, 0.05) is 5.56 Å². The fourth-order valence-corrected chi connectivity index (χ4v) is 1.10. The molecule has 0 N–H and O–H groups in total. The van der Waals surface area contributed by atoms with Crippen LogP contribution >= 0.6 is 0 Å². The van der Waals surface area contributed by atoms with Crippen molar-refractivity contribution in [3.63, 3.8) is 0 Å². The van der Waals surface area contributed by atoms with E-state index in [1.54, 1.807) is 0 Å². The van der Waals surface area contributed by atoms with E-state index in [0.29, 0.717) is 0 Å². The van der Waals surface area contributed by atoms with Gasteiger partial charge < -0.3 is 9.59 Å². The summed E-state index contributed by atoms with van der Waals surface area (Å²) >= 11 is 0. The van der Waals surface area contributed by atoms with Crippen LogP contribution in [0, 0.1) is 10.7 Å². The zero-order valence-electron chi connectivity index (χ0n) is 7.01. The molecule has 14 heavy (non-hydrogen) atoms. The van der Waals surface area contributed by atoms with Gasteiger partial charge in [0.1, 0.15) is 30.0 Å². The van der Waals surface area contributed by atoms with Crippen molar-refractivity contribution in [3.8, 4) is 0 Å². The van der Waals surface area contributed by atoms with Crippen molar-refractivity contribution in [1.29, 1.82) is 0 Å². The van der Waals surface area contributed by atoms with Crippen LogP contribution in [-0.2, 0) is 9.59 Å². The minimum Gasteiger partial charge on any atom is -0.302 e. The molecule has 4 nitrogen and oxygen atoms in total. The minimum atomic E-state index is -1.27. The number of carbonyl (C=O) groups excluding carboxylic acids is 2. The molecule has 0 atom stereocenters. The number of aldehydes is 2. The van der Waals surface area contributed by atoms with Crippen LogP contribution in [0.2, 0.25) is 0 Å². The van der Waals surface area contributed by atoms with Crippen LogP contribution in [0.1, 0.15) is 11.5 Å². The second-order valence-electron chi connectivity index (χ2n) is 2.56. The third-order valence-electron chi connectivity index (χ3n) is 1.75. The van der Waals surface area contributed by atoms with E-state index in [1.807, 2.05) is 0 Å². The number of hydrogen-bond acceptors (Lipinski definition) is 4. The Labute approximate surface area is 78.7 Å². The summed E-state index contributed by atoms with van der Waals surface area (Å²) in [5, 5.41) is 2.54. The SMILES string of the molecule is O=CC(C=O)c1c(F)cccc1N=O. The highest BCUT2D eigenvalue weighted by atomic mass is 19.1. The zero-order valence-corrected chi connectivity index (χ0v) is 7.01. The predicted molar refractivity (Wildman–Crippen MR) is 46.7 cm³/mol. The van der Waals surface area contributed by atoms with Crippen LogP contribution < -0.4 is 0 Å². The first-order valence-corrected chi connectivity index (χ1v) is 3.77. The van der Waals surface area contributed by atoms with Crippen LogP contribution in [0.15, 0.2) is 23.4 Å². The van der Waals surface area contributed by atoms with Gasteiger partial charge >= 0.3 is 0 Å². The number of nitroso groups, excluding NO2 is 1. The molecule has 0 aliphatic carbocycles. The highest BCUT2D eigenvalue weighted by molar-refractivity contribution is 5.87. The summed E-state index contributed by atoms with van der Waals surface area (Å²) in [5.74, 6) is -2.06. The predicted octanol–water partition coefficient (Wildman–Crippen LogP) is 1.70. The molecule has 0 spiro atoms. The van der Waals surface area contributed by atoms with Gasteiger partial charge in [0.15, 0.2) is 0 Å². The normalized spacial score (nSPS) is 9.86. The maximum atomic E-state index is 13.1. The summed E-state index contributed by atoms with van der Waals surface area (Å²) in [6.45, 7) is 0. The molecule has 72 valence electrons. The lowest BCUT2D eigenvalue weighted by Gasteiger charge is -2.05. The Morgan fingerprint density at radius 2 is 1.93 bits per heavy atom. The maximum absolute atomic E-state index is 13.1. The number of nitrogens with zero attached hydrogens (tertiary/aromatic N) is 1. The average Bonchev–Trinajstić information content (AvgIpc) is 2.22. The average molecular weight is 195 g/mol. The van der Waals surface area contributed by atoms with E-state index in [-0.39, 0.29) is 23.8 Å². The number of halogens is 1. The Bertz CT molecular complexity index is 370. The topological polar surface area (TPSA) is 63.6 Å². The lowest BCUT2D eigenvalue weighted by Crippen LogP contribution is -2.04. The Balaban J connectivity index is 3.35. The van der Waals surface area contributed by atoms with Gasteiger partial charge in [0.2, 0.25) is 0 Å². The fraction of sp³-hybridized carbons (Fsp3) is 0.111. The van der Waals surface area contributed by atoms with E-state index in [0.717, 1.165) is 6.07 Å². The molecule has 1 rings (SSSR count). The minimum absolute atomic E-state index is 0.228. The lowest BCUT2D eigenvalue weighted by molar-refractivity contribution is -0.116. The molecule has 0 saturated heterocycles. The van der Waals surface area contributed by atoms with Gasteiger partial charge in [0.25, 0.3) is 0 Å². The van der Waals surface area contributed by atoms with Crippen LogP contribution in [0.25, 0.3) is 0 Å². The molecule has 1 aromatic carbocycles. The zero-order chi connectivity index (χ0) is 10.6. The number of benzene rings is 1. The highest BCUT2D eigenvalue weighted by Crippen LogP contribution is 2.27. The summed E-state index contributed by atoms with van der Waals surface area (Å²) in [6, 6.07) is 3.58. The number of rotatable bonds is 4. The van der Waals surface area contributed by atoms with Gasteiger partial charge in [-0.1, -0.05) is 6.07 Å². The van der Waals surface area contributed by atoms with Crippen molar-refractivity contribution in [3.05, 3.63) is 34.5 Å². The third-order valence-corrected chi connectivity index (χ3v) is 1.75. The van der Waals surface area contributed by atoms with E-state index in [4.69, 9.17) is 0 Å². The molecule has 0 aliphatic heterocycles. The Morgan fingerprint density at radius 1 is 1.29 bits per heavy atom. The molecule has 0 unspecified atom stereocenters. The van der Waals surface area contributed by atoms with Crippen LogP contribution in [-0.4, -0.2) is 12.6 Å². The van der Waals surface area contributed by atoms with E-state index >= 15 is 0 Å². The second kappa shape index (κ2) is 4.36. The van der Waals surface area contributed by atoms with Crippen molar-refractivity contribution in [2.24, 2.45) is 5.18 Å². The van der Waals surface area contributed by atoms with E-state index < -0.39 is 11.7 Å². The molecule has 0 bridgehead atoms. The molecule has 0 saturated carbocycles. The fourth-order valence-electron chi connectivity index (χ4n) is 1.10. The molecule has 1 aromatic rings. The van der Waals surface area contributed by atoms with Gasteiger partial charge in [-0.15, -0.1) is 4.91 Å². The van der Waals surface area contributed by atoms with Crippen molar-refractivity contribution in [2.45, 2.75) is 5.92 Å². The smallest absolute Gasteiger partial charge is 0.134 e. The Morgan fingerprint density at radius 3 is 2.43 bits per heavy atom. The first kappa shape index (κ1) is 10.2. The van der Waals surface area contributed by atoms with E-state index in [9.17, 15) is 18.9 Å². The van der Waals surface area contributed by atoms with Crippen molar-refractivity contribution < 1.29 is 14.0 Å². The summed E-state index contributed by atoms with van der Waals surface area (Å²) in [7, 11) is 0. The Hall–Kier alpha value is -1.91. The van der Waals surface area contributed by atoms with Crippen LogP contribution in [0.3, 0.4) is 0 Å². The second-order valence-corrected chi connectivity index (χ2v) is 2.56. The van der Waals surface area contributed by atoms with Gasteiger partial charge in [-0.05, 0) is 17.3 Å². The van der Waals surface area contributed by atoms with E-state index in [1.165, 1.54) is 12.1 Å². The quantitative estimate of drug-likeness (QED) is 0.417. The van der Waals surface area contributed by atoms with Gasteiger partial charge in [-0.3, -0.25) is 0 Å². The number of hydrogen-bond donors (Lipinski definition) is 0. The largest absolute Gasteiger partial charge is 0.302 e. The molecule has 0 amide bonds. The summed E-state index contributed by atoms with van der Waals surface area (Å²) in [6.07, 6.45) is 0.528. The van der Waals surface area contributed by atoms with Crippen LogP contribution in [0.4, 0.5) is 10.1 Å². The standard InChI is InChI=1S/C9H6FNO3/c10-7-2-1-3-8(11-14)9(7)6(4-12)5-13/h1-6H. The van der Waals surface area contributed by atoms with Gasteiger partial charge in [0.05, 0.1) is 0 Å². The summed E-state index contributed by atoms with van der Waals surface area (Å²) in [5.41, 5.74) is -0.498. The summed E-state index contributed by atoms with van der Waals surface area (Å²) < 4.78 is 13.1. The first-order valence-electron chi connectivity index (χ1n) is 3.77. The van der Waals surface area contributed by atoms with Crippen molar-refractivity contribution >= 4 is 18.3 Å². The van der Waals surface area contributed by atoms with Gasteiger partial charge in [-0.25, -0.2) is 4.39 Å². The molecule has 0 fully saturated rings. The summed E-state index contributed by atoms with van der Waals surface area (Å²) in [4.78, 5) is 31.1. The maximum Gasteiger partial charge on any atom is 0.134 e. The van der Waals surface area contributed by atoms with E-state index in [2.05, 4.69) is 5.18 Å². The molecule has 0 aliphatic rings. The molecule has 0 radical (unpaired) electrons. The molecular weight excluding hydrogens is 189 g/mol. The monoisotopic (exact) mass is 195 g/mol. The van der Waals surface area contributed by atoms with Crippen LogP contribution in [0.5, 0.6) is 0 Å². The van der Waals surface area contributed by atoms with Crippen molar-refractivity contribution in [1.82, 2.24) is 0 Å².